The third kappa shape index (κ3) is 3.51. The van der Waals surface area contributed by atoms with Gasteiger partial charge in [0.1, 0.15) is 0 Å². The third-order valence-electron chi connectivity index (χ3n) is 4.72. The number of hydrogen-bond acceptors (Lipinski definition) is 4. The third-order valence-corrected chi connectivity index (χ3v) is 4.72. The Balaban J connectivity index is 1.48. The van der Waals surface area contributed by atoms with Crippen LogP contribution in [0.1, 0.15) is 31.4 Å². The summed E-state index contributed by atoms with van der Waals surface area (Å²) in [5, 5.41) is 5.74. The minimum Gasteiger partial charge on any atom is -0.454 e. The molecule has 0 aliphatic carbocycles. The van der Waals surface area contributed by atoms with Crippen LogP contribution in [0.15, 0.2) is 42.5 Å². The lowest BCUT2D eigenvalue weighted by molar-refractivity contribution is -0.117. The van der Waals surface area contributed by atoms with Crippen molar-refractivity contribution >= 4 is 29.3 Å². The molecule has 2 amide bonds. The smallest absolute Gasteiger partial charge is 0.248 e. The Morgan fingerprint density at radius 1 is 1.15 bits per heavy atom. The van der Waals surface area contributed by atoms with E-state index in [0.29, 0.717) is 23.6 Å². The zero-order valence-corrected chi connectivity index (χ0v) is 15.2. The van der Waals surface area contributed by atoms with Crippen LogP contribution in [0.5, 0.6) is 11.5 Å². The lowest BCUT2D eigenvalue weighted by Gasteiger charge is -2.32. The molecule has 0 bridgehead atoms. The van der Waals surface area contributed by atoms with Crippen LogP contribution >= 0.6 is 0 Å². The van der Waals surface area contributed by atoms with Gasteiger partial charge in [0.15, 0.2) is 11.5 Å². The van der Waals surface area contributed by atoms with Gasteiger partial charge in [-0.15, -0.1) is 0 Å². The predicted octanol–water partition coefficient (Wildman–Crippen LogP) is 3.69. The number of amides is 2. The SMILES string of the molecule is CC1(C)CC(=O)Nc2ccc(NC(=O)C=Cc3ccc4c(c3)OCO4)cc21. The number of carbonyl (C=O) groups excluding carboxylic acids is 2. The zero-order chi connectivity index (χ0) is 19.0. The first-order valence-electron chi connectivity index (χ1n) is 8.74. The van der Waals surface area contributed by atoms with Gasteiger partial charge in [0.25, 0.3) is 0 Å². The molecule has 0 fully saturated rings. The highest BCUT2D eigenvalue weighted by atomic mass is 16.7. The summed E-state index contributed by atoms with van der Waals surface area (Å²) in [7, 11) is 0. The van der Waals surface area contributed by atoms with Crippen molar-refractivity contribution < 1.29 is 19.1 Å². The van der Waals surface area contributed by atoms with Gasteiger partial charge in [-0.05, 0) is 47.5 Å². The van der Waals surface area contributed by atoms with E-state index in [1.54, 1.807) is 12.1 Å². The number of hydrogen-bond donors (Lipinski definition) is 2. The van der Waals surface area contributed by atoms with E-state index in [2.05, 4.69) is 10.6 Å². The molecule has 0 spiro atoms. The van der Waals surface area contributed by atoms with Crippen LogP contribution in [-0.2, 0) is 15.0 Å². The lowest BCUT2D eigenvalue weighted by Crippen LogP contribution is -2.32. The summed E-state index contributed by atoms with van der Waals surface area (Å²) in [5.74, 6) is 1.16. The Morgan fingerprint density at radius 3 is 2.81 bits per heavy atom. The molecule has 27 heavy (non-hydrogen) atoms. The number of nitrogens with one attached hydrogen (secondary N) is 2. The second-order valence-corrected chi connectivity index (χ2v) is 7.30. The van der Waals surface area contributed by atoms with E-state index in [1.165, 1.54) is 6.08 Å². The van der Waals surface area contributed by atoms with Crippen molar-refractivity contribution in [2.75, 3.05) is 17.4 Å². The average molecular weight is 364 g/mol. The van der Waals surface area contributed by atoms with E-state index in [1.807, 2.05) is 44.2 Å². The van der Waals surface area contributed by atoms with Crippen molar-refractivity contribution in [2.24, 2.45) is 0 Å². The van der Waals surface area contributed by atoms with Gasteiger partial charge in [-0.3, -0.25) is 9.59 Å². The molecule has 0 unspecified atom stereocenters. The second kappa shape index (κ2) is 6.46. The summed E-state index contributed by atoms with van der Waals surface area (Å²) in [6.45, 7) is 4.27. The first kappa shape index (κ1) is 17.1. The second-order valence-electron chi connectivity index (χ2n) is 7.30. The van der Waals surface area contributed by atoms with Gasteiger partial charge in [-0.1, -0.05) is 19.9 Å². The van der Waals surface area contributed by atoms with Gasteiger partial charge in [-0.25, -0.2) is 0 Å². The Labute approximate surface area is 157 Å². The normalized spacial score (nSPS) is 16.7. The van der Waals surface area contributed by atoms with Crippen LogP contribution in [0.2, 0.25) is 0 Å². The van der Waals surface area contributed by atoms with Crippen molar-refractivity contribution in [3.63, 3.8) is 0 Å². The van der Waals surface area contributed by atoms with E-state index >= 15 is 0 Å². The lowest BCUT2D eigenvalue weighted by atomic mass is 9.78. The van der Waals surface area contributed by atoms with Crippen molar-refractivity contribution in [1.82, 2.24) is 0 Å². The van der Waals surface area contributed by atoms with Gasteiger partial charge >= 0.3 is 0 Å². The number of fused-ring (bicyclic) bond motifs is 2. The predicted molar refractivity (Wildman–Crippen MR) is 103 cm³/mol. The van der Waals surface area contributed by atoms with E-state index in [-0.39, 0.29) is 24.0 Å². The molecule has 2 aliphatic heterocycles. The van der Waals surface area contributed by atoms with Gasteiger partial charge in [-0.2, -0.15) is 0 Å². The Kier molecular flexibility index (Phi) is 4.11. The van der Waals surface area contributed by atoms with Crippen molar-refractivity contribution in [3.8, 4) is 11.5 Å². The van der Waals surface area contributed by atoms with Crippen LogP contribution < -0.4 is 20.1 Å². The summed E-state index contributed by atoms with van der Waals surface area (Å²) in [6.07, 6.45) is 3.62. The summed E-state index contributed by atoms with van der Waals surface area (Å²) in [5.41, 5.74) is 3.08. The fourth-order valence-corrected chi connectivity index (χ4v) is 3.35. The molecule has 138 valence electrons. The number of rotatable bonds is 3. The van der Waals surface area contributed by atoms with Crippen LogP contribution in [-0.4, -0.2) is 18.6 Å². The number of benzene rings is 2. The summed E-state index contributed by atoms with van der Waals surface area (Å²) in [4.78, 5) is 24.1. The standard InChI is InChI=1S/C21H20N2O4/c1-21(2)11-20(25)23-16-6-5-14(10-15(16)21)22-19(24)8-4-13-3-7-17-18(9-13)27-12-26-17/h3-10H,11-12H2,1-2H3,(H,22,24)(H,23,25). The minimum absolute atomic E-state index is 0.0101. The largest absolute Gasteiger partial charge is 0.454 e. The van der Waals surface area contributed by atoms with E-state index in [4.69, 9.17) is 9.47 Å². The van der Waals surface area contributed by atoms with Crippen LogP contribution in [0, 0.1) is 0 Å². The molecule has 2 aliphatic rings. The minimum atomic E-state index is -0.277. The molecule has 0 saturated heterocycles. The van der Waals surface area contributed by atoms with E-state index in [9.17, 15) is 9.59 Å². The fourth-order valence-electron chi connectivity index (χ4n) is 3.35. The van der Waals surface area contributed by atoms with Crippen molar-refractivity contribution in [1.29, 1.82) is 0 Å². The molecule has 0 saturated carbocycles. The van der Waals surface area contributed by atoms with Crippen LogP contribution in [0.3, 0.4) is 0 Å². The molecule has 6 nitrogen and oxygen atoms in total. The molecular formula is C21H20N2O4. The van der Waals surface area contributed by atoms with Gasteiger partial charge in [0.05, 0.1) is 0 Å². The average Bonchev–Trinajstić information content (AvgIpc) is 3.07. The van der Waals surface area contributed by atoms with Gasteiger partial charge in [0.2, 0.25) is 18.6 Å². The molecular weight excluding hydrogens is 344 g/mol. The highest BCUT2D eigenvalue weighted by Crippen LogP contribution is 2.38. The maximum absolute atomic E-state index is 12.3. The first-order valence-corrected chi connectivity index (χ1v) is 8.74. The summed E-state index contributed by atoms with van der Waals surface area (Å²) >= 11 is 0. The monoisotopic (exact) mass is 364 g/mol. The molecule has 2 aromatic rings. The molecule has 0 atom stereocenters. The van der Waals surface area contributed by atoms with E-state index in [0.717, 1.165) is 16.8 Å². The molecule has 0 aromatic heterocycles. The first-order chi connectivity index (χ1) is 12.9. The Hall–Kier alpha value is -3.28. The Bertz CT molecular complexity index is 963. The topological polar surface area (TPSA) is 76.7 Å². The fraction of sp³-hybridized carbons (Fsp3) is 0.238. The number of ether oxygens (including phenoxy) is 2. The molecule has 4 rings (SSSR count). The van der Waals surface area contributed by atoms with Crippen LogP contribution in [0.4, 0.5) is 11.4 Å². The van der Waals surface area contributed by atoms with Crippen LogP contribution in [0.25, 0.3) is 6.08 Å². The quantitative estimate of drug-likeness (QED) is 0.815. The highest BCUT2D eigenvalue weighted by molar-refractivity contribution is 6.02. The summed E-state index contributed by atoms with van der Waals surface area (Å²) < 4.78 is 10.6. The Morgan fingerprint density at radius 2 is 1.96 bits per heavy atom. The number of carbonyl (C=O) groups is 2. The molecule has 2 heterocycles. The molecule has 0 radical (unpaired) electrons. The maximum atomic E-state index is 12.3. The highest BCUT2D eigenvalue weighted by Gasteiger charge is 2.32. The van der Waals surface area contributed by atoms with Crippen molar-refractivity contribution in [3.05, 3.63) is 53.6 Å². The van der Waals surface area contributed by atoms with Crippen molar-refractivity contribution in [2.45, 2.75) is 25.7 Å². The maximum Gasteiger partial charge on any atom is 0.248 e. The van der Waals surface area contributed by atoms with Gasteiger partial charge < -0.3 is 20.1 Å². The number of anilines is 2. The molecule has 2 aromatic carbocycles. The summed E-state index contributed by atoms with van der Waals surface area (Å²) in [6, 6.07) is 11.0. The van der Waals surface area contributed by atoms with Gasteiger partial charge in [0, 0.05) is 29.3 Å². The molecule has 2 N–H and O–H groups in total. The van der Waals surface area contributed by atoms with E-state index < -0.39 is 0 Å². The molecule has 6 heteroatoms. The zero-order valence-electron chi connectivity index (χ0n) is 15.2.